The third-order valence-electron chi connectivity index (χ3n) is 1.82. The van der Waals surface area contributed by atoms with Crippen molar-refractivity contribution < 1.29 is 9.59 Å². The van der Waals surface area contributed by atoms with E-state index in [4.69, 9.17) is 0 Å². The minimum absolute atomic E-state index is 0.180. The van der Waals surface area contributed by atoms with Crippen LogP contribution in [0.2, 0.25) is 0 Å². The quantitative estimate of drug-likeness (QED) is 0.453. The molecule has 0 bridgehead atoms. The predicted molar refractivity (Wildman–Crippen MR) is 53.9 cm³/mol. The Hall–Kier alpha value is -1.09. The summed E-state index contributed by atoms with van der Waals surface area (Å²) in [5.74, 6) is -0.841. The molecule has 0 heterocycles. The molecule has 0 N–H and O–H groups in total. The molecular weight excluding hydrogens is 184 g/mol. The fourth-order valence-corrected chi connectivity index (χ4v) is 1.08. The molecule has 2 nitrogen and oxygen atoms in total. The van der Waals surface area contributed by atoms with Gasteiger partial charge in [0.15, 0.2) is 10.9 Å². The van der Waals surface area contributed by atoms with Crippen molar-refractivity contribution in [2.75, 3.05) is 0 Å². The first-order valence-corrected chi connectivity index (χ1v) is 4.39. The number of benzene rings is 1. The number of Topliss-reactive ketones (excluding diaryl/α,β-unsaturated/α-hetero) is 1. The van der Waals surface area contributed by atoms with Crippen molar-refractivity contribution in [3.8, 4) is 0 Å². The van der Waals surface area contributed by atoms with E-state index in [0.29, 0.717) is 5.56 Å². The second kappa shape index (κ2) is 4.23. The maximum absolute atomic E-state index is 11.5. The van der Waals surface area contributed by atoms with Gasteiger partial charge in [-0.3, -0.25) is 9.59 Å². The Morgan fingerprint density at radius 1 is 1.23 bits per heavy atom. The standard InChI is InChI=1S/C10H10O2S/c1-7(10(12)13)9(11)8-5-3-2-4-6-8/h2-7H,1H3,(H,12,13). The van der Waals surface area contributed by atoms with Crippen LogP contribution in [0.5, 0.6) is 0 Å². The lowest BCUT2D eigenvalue weighted by molar-refractivity contribution is -0.112. The van der Waals surface area contributed by atoms with Gasteiger partial charge in [0.05, 0.1) is 5.92 Å². The van der Waals surface area contributed by atoms with E-state index in [-0.39, 0.29) is 5.78 Å². The highest BCUT2D eigenvalue weighted by Crippen LogP contribution is 2.10. The summed E-state index contributed by atoms with van der Waals surface area (Å²) in [7, 11) is 0. The molecule has 1 unspecified atom stereocenters. The van der Waals surface area contributed by atoms with E-state index in [9.17, 15) is 9.59 Å². The maximum Gasteiger partial charge on any atom is 0.196 e. The molecule has 0 radical (unpaired) electrons. The third kappa shape index (κ3) is 2.42. The Morgan fingerprint density at radius 3 is 2.23 bits per heavy atom. The molecule has 1 aromatic carbocycles. The van der Waals surface area contributed by atoms with Crippen LogP contribution < -0.4 is 0 Å². The number of hydrogen-bond donors (Lipinski definition) is 1. The van der Waals surface area contributed by atoms with Gasteiger partial charge in [0.2, 0.25) is 0 Å². The first-order valence-electron chi connectivity index (χ1n) is 3.95. The number of carbonyl (C=O) groups is 2. The summed E-state index contributed by atoms with van der Waals surface area (Å²) in [5, 5.41) is -0.395. The second-order valence-electron chi connectivity index (χ2n) is 2.79. The van der Waals surface area contributed by atoms with Crippen molar-refractivity contribution in [1.82, 2.24) is 0 Å². The number of hydrogen-bond acceptors (Lipinski definition) is 2. The van der Waals surface area contributed by atoms with Gasteiger partial charge in [-0.2, -0.15) is 0 Å². The number of carbonyl (C=O) groups excluding carboxylic acids is 2. The van der Waals surface area contributed by atoms with E-state index < -0.39 is 11.0 Å². The number of ketones is 1. The monoisotopic (exact) mass is 194 g/mol. The zero-order valence-electron chi connectivity index (χ0n) is 7.23. The zero-order chi connectivity index (χ0) is 9.84. The highest BCUT2D eigenvalue weighted by atomic mass is 32.1. The molecule has 1 atom stereocenters. The summed E-state index contributed by atoms with van der Waals surface area (Å²) in [4.78, 5) is 22.3. The highest BCUT2D eigenvalue weighted by Gasteiger charge is 2.19. The lowest BCUT2D eigenvalue weighted by Crippen LogP contribution is -2.16. The van der Waals surface area contributed by atoms with E-state index >= 15 is 0 Å². The van der Waals surface area contributed by atoms with E-state index in [1.807, 2.05) is 6.07 Å². The topological polar surface area (TPSA) is 34.1 Å². The van der Waals surface area contributed by atoms with Crippen LogP contribution in [-0.4, -0.2) is 10.9 Å². The Labute approximate surface area is 82.4 Å². The van der Waals surface area contributed by atoms with Gasteiger partial charge in [0.1, 0.15) is 0 Å². The molecular formula is C10H10O2S. The molecule has 1 rings (SSSR count). The van der Waals surface area contributed by atoms with Gasteiger partial charge < -0.3 is 0 Å². The predicted octanol–water partition coefficient (Wildman–Crippen LogP) is 1.96. The zero-order valence-corrected chi connectivity index (χ0v) is 8.12. The van der Waals surface area contributed by atoms with Gasteiger partial charge in [-0.15, -0.1) is 12.6 Å². The van der Waals surface area contributed by atoms with Gasteiger partial charge in [0.25, 0.3) is 0 Å². The van der Waals surface area contributed by atoms with Crippen LogP contribution in [0.3, 0.4) is 0 Å². The molecule has 0 saturated heterocycles. The molecule has 68 valence electrons. The van der Waals surface area contributed by atoms with Crippen molar-refractivity contribution in [3.05, 3.63) is 35.9 Å². The molecule has 3 heteroatoms. The number of thiol groups is 1. The van der Waals surface area contributed by atoms with Crippen LogP contribution in [0, 0.1) is 5.92 Å². The summed E-state index contributed by atoms with van der Waals surface area (Å²) in [5.41, 5.74) is 0.553. The average molecular weight is 194 g/mol. The normalized spacial score (nSPS) is 12.2. The minimum atomic E-state index is -0.661. The van der Waals surface area contributed by atoms with Crippen LogP contribution in [0.25, 0.3) is 0 Å². The molecule has 0 spiro atoms. The summed E-state index contributed by atoms with van der Waals surface area (Å²) in [6.07, 6.45) is 0. The Bertz CT molecular complexity index is 319. The molecule has 0 aromatic heterocycles. The Balaban J connectivity index is 2.86. The summed E-state index contributed by atoms with van der Waals surface area (Å²) < 4.78 is 0. The molecule has 13 heavy (non-hydrogen) atoms. The van der Waals surface area contributed by atoms with Gasteiger partial charge in [-0.1, -0.05) is 30.3 Å². The highest BCUT2D eigenvalue weighted by molar-refractivity contribution is 7.96. The molecule has 1 aromatic rings. The first-order chi connectivity index (χ1) is 6.13. The van der Waals surface area contributed by atoms with Gasteiger partial charge in [-0.05, 0) is 6.92 Å². The molecule has 0 aliphatic heterocycles. The van der Waals surface area contributed by atoms with Crippen LogP contribution in [0.4, 0.5) is 0 Å². The fraction of sp³-hybridized carbons (Fsp3) is 0.200. The average Bonchev–Trinajstić information content (AvgIpc) is 2.17. The van der Waals surface area contributed by atoms with Crippen molar-refractivity contribution in [2.45, 2.75) is 6.92 Å². The summed E-state index contributed by atoms with van der Waals surface area (Å²) in [6, 6.07) is 8.74. The van der Waals surface area contributed by atoms with E-state index in [1.165, 1.54) is 0 Å². The molecule has 0 amide bonds. The largest absolute Gasteiger partial charge is 0.293 e. The summed E-state index contributed by atoms with van der Waals surface area (Å²) in [6.45, 7) is 1.56. The van der Waals surface area contributed by atoms with Crippen molar-refractivity contribution in [1.29, 1.82) is 0 Å². The number of rotatable bonds is 3. The lowest BCUT2D eigenvalue weighted by Gasteiger charge is -2.04. The Kier molecular flexibility index (Phi) is 3.25. The molecule has 0 fully saturated rings. The van der Waals surface area contributed by atoms with Gasteiger partial charge >= 0.3 is 0 Å². The van der Waals surface area contributed by atoms with Crippen LogP contribution in [0.1, 0.15) is 17.3 Å². The van der Waals surface area contributed by atoms with E-state index in [1.54, 1.807) is 31.2 Å². The van der Waals surface area contributed by atoms with Crippen LogP contribution >= 0.6 is 12.6 Å². The van der Waals surface area contributed by atoms with Crippen molar-refractivity contribution in [2.24, 2.45) is 5.92 Å². The molecule has 0 aliphatic rings. The third-order valence-corrected chi connectivity index (χ3v) is 2.21. The fourth-order valence-electron chi connectivity index (χ4n) is 0.965. The SMILES string of the molecule is CC(C(=O)S)C(=O)c1ccccc1. The first kappa shape index (κ1) is 9.99. The summed E-state index contributed by atoms with van der Waals surface area (Å²) >= 11 is 3.62. The van der Waals surface area contributed by atoms with Gasteiger partial charge in [0, 0.05) is 5.56 Å². The van der Waals surface area contributed by atoms with Crippen LogP contribution in [0.15, 0.2) is 30.3 Å². The second-order valence-corrected chi connectivity index (χ2v) is 3.23. The molecule has 0 aliphatic carbocycles. The Morgan fingerprint density at radius 2 is 1.77 bits per heavy atom. The lowest BCUT2D eigenvalue weighted by atomic mass is 10.0. The van der Waals surface area contributed by atoms with Crippen molar-refractivity contribution >= 4 is 23.5 Å². The van der Waals surface area contributed by atoms with E-state index in [0.717, 1.165) is 0 Å². The van der Waals surface area contributed by atoms with Crippen molar-refractivity contribution in [3.63, 3.8) is 0 Å². The maximum atomic E-state index is 11.5. The van der Waals surface area contributed by atoms with Crippen LogP contribution in [-0.2, 0) is 4.79 Å². The smallest absolute Gasteiger partial charge is 0.196 e. The van der Waals surface area contributed by atoms with Gasteiger partial charge in [-0.25, -0.2) is 0 Å². The van der Waals surface area contributed by atoms with E-state index in [2.05, 4.69) is 12.6 Å². The minimum Gasteiger partial charge on any atom is -0.293 e. The molecule has 0 saturated carbocycles.